The van der Waals surface area contributed by atoms with Gasteiger partial charge in [-0.1, -0.05) is 11.8 Å². The van der Waals surface area contributed by atoms with Crippen LogP contribution >= 0.6 is 11.8 Å². The van der Waals surface area contributed by atoms with E-state index in [0.717, 1.165) is 5.75 Å². The van der Waals surface area contributed by atoms with Gasteiger partial charge in [-0.3, -0.25) is 14.2 Å². The summed E-state index contributed by atoms with van der Waals surface area (Å²) in [4.78, 5) is 28.2. The maximum absolute atomic E-state index is 12.2. The first kappa shape index (κ1) is 14.6. The average molecular weight is 317 g/mol. The zero-order valence-corrected chi connectivity index (χ0v) is 12.8. The number of rotatable bonds is 4. The standard InChI is InChI=1S/C15H15N3O3S/c1-21-12-4-2-10(3-5-12)17-13(19)8-11-9-22-15-16-7-6-14(20)18(11)15/h2-7,11H,8-9H2,1H3,(H,17,19). The van der Waals surface area contributed by atoms with Crippen molar-refractivity contribution in [3.63, 3.8) is 0 Å². The maximum Gasteiger partial charge on any atom is 0.254 e. The maximum atomic E-state index is 12.2. The highest BCUT2D eigenvalue weighted by atomic mass is 32.2. The van der Waals surface area contributed by atoms with Crippen LogP contribution in [0, 0.1) is 0 Å². The van der Waals surface area contributed by atoms with Gasteiger partial charge < -0.3 is 10.1 Å². The summed E-state index contributed by atoms with van der Waals surface area (Å²) < 4.78 is 6.67. The summed E-state index contributed by atoms with van der Waals surface area (Å²) in [7, 11) is 1.59. The molecular formula is C15H15N3O3S. The molecule has 1 aliphatic rings. The van der Waals surface area contributed by atoms with Crippen LogP contribution in [-0.2, 0) is 4.79 Å². The minimum absolute atomic E-state index is 0.114. The fraction of sp³-hybridized carbons (Fsp3) is 0.267. The molecule has 2 heterocycles. The third-order valence-electron chi connectivity index (χ3n) is 3.41. The summed E-state index contributed by atoms with van der Waals surface area (Å²) in [5, 5.41) is 3.51. The molecular weight excluding hydrogens is 302 g/mol. The van der Waals surface area contributed by atoms with Gasteiger partial charge in [0.05, 0.1) is 13.2 Å². The summed E-state index contributed by atoms with van der Waals surface area (Å²) in [5.41, 5.74) is 0.590. The number of amides is 1. The van der Waals surface area contributed by atoms with Crippen molar-refractivity contribution in [2.75, 3.05) is 18.2 Å². The molecule has 1 amide bonds. The monoisotopic (exact) mass is 317 g/mol. The molecule has 7 heteroatoms. The summed E-state index contributed by atoms with van der Waals surface area (Å²) >= 11 is 1.50. The number of hydrogen-bond donors (Lipinski definition) is 1. The molecule has 1 aromatic heterocycles. The fourth-order valence-corrected chi connectivity index (χ4v) is 3.46. The molecule has 0 saturated carbocycles. The Morgan fingerprint density at radius 3 is 2.91 bits per heavy atom. The number of carbonyl (C=O) groups excluding carboxylic acids is 1. The lowest BCUT2D eigenvalue weighted by atomic mass is 10.2. The lowest BCUT2D eigenvalue weighted by molar-refractivity contribution is -0.116. The Morgan fingerprint density at radius 2 is 2.18 bits per heavy atom. The Balaban J connectivity index is 1.67. The minimum atomic E-state index is -0.153. The Morgan fingerprint density at radius 1 is 1.41 bits per heavy atom. The summed E-state index contributed by atoms with van der Waals surface area (Å²) in [6.45, 7) is 0. The summed E-state index contributed by atoms with van der Waals surface area (Å²) in [6, 6.07) is 8.39. The van der Waals surface area contributed by atoms with Crippen molar-refractivity contribution in [3.05, 3.63) is 46.9 Å². The SMILES string of the molecule is COc1ccc(NC(=O)CC2CSc3nccc(=O)n32)cc1. The number of nitrogens with zero attached hydrogens (tertiary/aromatic N) is 2. The van der Waals surface area contributed by atoms with Gasteiger partial charge in [-0.15, -0.1) is 0 Å². The number of methoxy groups -OCH3 is 1. The molecule has 0 aliphatic carbocycles. The van der Waals surface area contributed by atoms with Crippen LogP contribution in [0.1, 0.15) is 12.5 Å². The topological polar surface area (TPSA) is 73.2 Å². The second-order valence-corrected chi connectivity index (χ2v) is 5.87. The van der Waals surface area contributed by atoms with Crippen LogP contribution in [0.25, 0.3) is 0 Å². The molecule has 1 atom stereocenters. The van der Waals surface area contributed by atoms with Crippen LogP contribution in [-0.4, -0.2) is 28.3 Å². The van der Waals surface area contributed by atoms with Gasteiger partial charge in [-0.25, -0.2) is 4.98 Å². The van der Waals surface area contributed by atoms with E-state index in [0.29, 0.717) is 16.6 Å². The second-order valence-electron chi connectivity index (χ2n) is 4.88. The number of hydrogen-bond acceptors (Lipinski definition) is 5. The van der Waals surface area contributed by atoms with Crippen molar-refractivity contribution < 1.29 is 9.53 Å². The lowest BCUT2D eigenvalue weighted by Crippen LogP contribution is -2.26. The van der Waals surface area contributed by atoms with Gasteiger partial charge >= 0.3 is 0 Å². The molecule has 0 radical (unpaired) electrons. The van der Waals surface area contributed by atoms with E-state index in [4.69, 9.17) is 4.74 Å². The number of fused-ring (bicyclic) bond motifs is 1. The fourth-order valence-electron chi connectivity index (χ4n) is 2.34. The van der Waals surface area contributed by atoms with E-state index in [9.17, 15) is 9.59 Å². The molecule has 0 spiro atoms. The van der Waals surface area contributed by atoms with Crippen molar-refractivity contribution in [1.82, 2.24) is 9.55 Å². The van der Waals surface area contributed by atoms with Gasteiger partial charge in [-0.2, -0.15) is 0 Å². The second kappa shape index (κ2) is 6.23. The highest BCUT2D eigenvalue weighted by Gasteiger charge is 2.26. The largest absolute Gasteiger partial charge is 0.497 e. The van der Waals surface area contributed by atoms with Crippen molar-refractivity contribution in [1.29, 1.82) is 0 Å². The average Bonchev–Trinajstić information content (AvgIpc) is 2.92. The Labute approximate surface area is 131 Å². The highest BCUT2D eigenvalue weighted by Crippen LogP contribution is 2.31. The van der Waals surface area contributed by atoms with Crippen molar-refractivity contribution in [3.8, 4) is 5.75 Å². The number of nitrogens with one attached hydrogen (secondary N) is 1. The molecule has 114 valence electrons. The van der Waals surface area contributed by atoms with Crippen LogP contribution in [0.2, 0.25) is 0 Å². The van der Waals surface area contributed by atoms with E-state index in [1.807, 2.05) is 0 Å². The first-order valence-corrected chi connectivity index (χ1v) is 7.80. The van der Waals surface area contributed by atoms with Gasteiger partial charge in [0.25, 0.3) is 5.56 Å². The zero-order chi connectivity index (χ0) is 15.5. The molecule has 22 heavy (non-hydrogen) atoms. The molecule has 1 aromatic carbocycles. The van der Waals surface area contributed by atoms with E-state index in [1.54, 1.807) is 35.9 Å². The van der Waals surface area contributed by atoms with Crippen LogP contribution in [0.4, 0.5) is 5.69 Å². The van der Waals surface area contributed by atoms with Crippen LogP contribution < -0.4 is 15.6 Å². The molecule has 0 bridgehead atoms. The molecule has 2 aromatic rings. The molecule has 1 unspecified atom stereocenters. The van der Waals surface area contributed by atoms with Gasteiger partial charge in [0.2, 0.25) is 5.91 Å². The molecule has 1 aliphatic heterocycles. The van der Waals surface area contributed by atoms with Crippen molar-refractivity contribution in [2.45, 2.75) is 17.6 Å². The molecule has 0 fully saturated rings. The van der Waals surface area contributed by atoms with Crippen LogP contribution in [0.5, 0.6) is 5.75 Å². The quantitative estimate of drug-likeness (QED) is 0.872. The molecule has 0 saturated heterocycles. The Kier molecular flexibility index (Phi) is 4.15. The number of ether oxygens (including phenoxy) is 1. The highest BCUT2D eigenvalue weighted by molar-refractivity contribution is 7.99. The lowest BCUT2D eigenvalue weighted by Gasteiger charge is -2.13. The van der Waals surface area contributed by atoms with E-state index in [1.165, 1.54) is 24.0 Å². The van der Waals surface area contributed by atoms with E-state index < -0.39 is 0 Å². The first-order chi connectivity index (χ1) is 10.7. The van der Waals surface area contributed by atoms with Crippen molar-refractivity contribution >= 4 is 23.4 Å². The first-order valence-electron chi connectivity index (χ1n) is 6.81. The van der Waals surface area contributed by atoms with Crippen LogP contribution in [0.3, 0.4) is 0 Å². The summed E-state index contributed by atoms with van der Waals surface area (Å²) in [6.07, 6.45) is 1.75. The number of thioether (sulfide) groups is 1. The predicted molar refractivity (Wildman–Crippen MR) is 84.5 cm³/mol. The molecule has 3 rings (SSSR count). The number of carbonyl (C=O) groups is 1. The zero-order valence-electron chi connectivity index (χ0n) is 12.0. The molecule has 6 nitrogen and oxygen atoms in total. The minimum Gasteiger partial charge on any atom is -0.497 e. The Bertz CT molecular complexity index is 742. The van der Waals surface area contributed by atoms with Crippen LogP contribution in [0.15, 0.2) is 46.5 Å². The third-order valence-corrected chi connectivity index (χ3v) is 4.52. The van der Waals surface area contributed by atoms with Gasteiger partial charge in [0.1, 0.15) is 5.75 Å². The van der Waals surface area contributed by atoms with Gasteiger partial charge in [0, 0.05) is 30.1 Å². The number of benzene rings is 1. The Hall–Kier alpha value is -2.28. The van der Waals surface area contributed by atoms with E-state index >= 15 is 0 Å². The smallest absolute Gasteiger partial charge is 0.254 e. The molecule has 1 N–H and O–H groups in total. The van der Waals surface area contributed by atoms with Gasteiger partial charge in [0.15, 0.2) is 5.16 Å². The van der Waals surface area contributed by atoms with E-state index in [2.05, 4.69) is 10.3 Å². The number of aromatic nitrogens is 2. The van der Waals surface area contributed by atoms with Crippen molar-refractivity contribution in [2.24, 2.45) is 0 Å². The van der Waals surface area contributed by atoms with Gasteiger partial charge in [-0.05, 0) is 24.3 Å². The third kappa shape index (κ3) is 2.99. The normalized spacial score (nSPS) is 16.1. The van der Waals surface area contributed by atoms with E-state index in [-0.39, 0.29) is 23.9 Å². The number of anilines is 1. The predicted octanol–water partition coefficient (Wildman–Crippen LogP) is 1.93. The summed E-state index contributed by atoms with van der Waals surface area (Å²) in [5.74, 6) is 1.29.